The minimum Gasteiger partial charge on any atom is -0.548 e. The molecule has 5 rings (SSSR count). The first-order valence-electron chi connectivity index (χ1n) is 20.3. The number of carboxylic acid groups (broad SMARTS) is 2. The van der Waals surface area contributed by atoms with Gasteiger partial charge < -0.3 is 78.5 Å². The Bertz CT molecular complexity index is 2040. The van der Waals surface area contributed by atoms with Crippen molar-refractivity contribution in [1.29, 1.82) is 0 Å². The van der Waals surface area contributed by atoms with Crippen molar-refractivity contribution >= 4 is 22.8 Å². The number of carboxylic acids is 2. The summed E-state index contributed by atoms with van der Waals surface area (Å²) in [7, 11) is 2.92. The zero-order valence-corrected chi connectivity index (χ0v) is 41.5. The number of carbonyl (C=O) groups excluding carboxylic acids is 2. The first-order valence-corrected chi connectivity index (χ1v) is 20.3. The van der Waals surface area contributed by atoms with Crippen LogP contribution in [-0.2, 0) is 63.2 Å². The van der Waals surface area contributed by atoms with Crippen LogP contribution >= 0.6 is 0 Å². The number of methoxy groups -OCH3 is 2. The van der Waals surface area contributed by atoms with E-state index in [4.69, 9.17) is 38.5 Å². The Morgan fingerprint density at radius 2 is 1.59 bits per heavy atom. The van der Waals surface area contributed by atoms with Crippen LogP contribution < -0.4 is 80.2 Å². The number of halogens is 1. The predicted molar refractivity (Wildman–Crippen MR) is 212 cm³/mol. The van der Waals surface area contributed by atoms with Crippen molar-refractivity contribution in [3.8, 4) is 11.4 Å². The summed E-state index contributed by atoms with van der Waals surface area (Å²) in [5, 5.41) is 65.8. The van der Waals surface area contributed by atoms with Gasteiger partial charge in [-0.05, 0) is 61.8 Å². The molecule has 0 saturated carbocycles. The number of aryl methyl sites for hydroxylation is 1. The van der Waals surface area contributed by atoms with Gasteiger partial charge in [0.25, 0.3) is 5.56 Å². The Hall–Kier alpha value is -1.99. The maximum Gasteiger partial charge on any atom is 1.00 e. The van der Waals surface area contributed by atoms with Crippen LogP contribution in [0.15, 0.2) is 16.9 Å². The smallest absolute Gasteiger partial charge is 0.548 e. The van der Waals surface area contributed by atoms with Crippen LogP contribution in [0.3, 0.4) is 0 Å². The van der Waals surface area contributed by atoms with Crippen LogP contribution in [0, 0.1) is 12.7 Å². The summed E-state index contributed by atoms with van der Waals surface area (Å²) in [6, 6.07) is 2.55. The molecule has 0 amide bonds. The number of hydrogen-bond donors (Lipinski definition) is 5. The zero-order chi connectivity index (χ0) is 45.0. The summed E-state index contributed by atoms with van der Waals surface area (Å²) in [5.41, 5.74) is 0.411. The van der Waals surface area contributed by atoms with Crippen molar-refractivity contribution in [1.82, 2.24) is 14.9 Å². The molecular weight excluding hydrogens is 851 g/mol. The molecule has 0 fully saturated rings. The number of aliphatic carboxylic acids is 2. The fourth-order valence-electron chi connectivity index (χ4n) is 7.53. The number of fused-ring (bicyclic) bond motifs is 4. The molecule has 1 aliphatic heterocycles. The van der Waals surface area contributed by atoms with E-state index in [0.717, 1.165) is 22.1 Å². The van der Waals surface area contributed by atoms with Crippen molar-refractivity contribution in [3.63, 3.8) is 0 Å². The van der Waals surface area contributed by atoms with Crippen LogP contribution in [-0.4, -0.2) is 127 Å². The average Bonchev–Trinajstić information content (AvgIpc) is 3.63. The topological polar surface area (TPSA) is 263 Å². The SMILES string of the molecule is CCC(CO)OC(COCC(=O)[O-])OC.CCC(CO)OC(COCCN[C@H]1CCc2c(C)c(F)cc3nc4c(c1c23)Cn1c-4cc([C@@](O)(CC)C(=O)[O-])c(CO)c1=O)OC.[Na+].[Na+]. The molecular formula is C42H58FN3Na2O15. The van der Waals surface area contributed by atoms with Gasteiger partial charge in [0.2, 0.25) is 0 Å². The Kier molecular flexibility index (Phi) is 24.5. The Morgan fingerprint density at radius 1 is 0.984 bits per heavy atom. The molecule has 3 aromatic rings. The third-order valence-electron chi connectivity index (χ3n) is 11.1. The van der Waals surface area contributed by atoms with Gasteiger partial charge in [0, 0.05) is 54.9 Å². The van der Waals surface area contributed by atoms with Crippen LogP contribution in [0.25, 0.3) is 22.3 Å². The molecule has 4 unspecified atom stereocenters. The van der Waals surface area contributed by atoms with Gasteiger partial charge in [-0.2, -0.15) is 0 Å². The number of nitrogens with one attached hydrogen (secondary N) is 1. The summed E-state index contributed by atoms with van der Waals surface area (Å²) in [5.74, 6) is -3.48. The second kappa shape index (κ2) is 27.0. The van der Waals surface area contributed by atoms with Gasteiger partial charge in [0.05, 0.1) is 93.8 Å². The van der Waals surface area contributed by atoms with Gasteiger partial charge in [-0.25, -0.2) is 9.37 Å². The molecule has 6 atom stereocenters. The average molecular weight is 910 g/mol. The van der Waals surface area contributed by atoms with E-state index < -0.39 is 54.7 Å². The fraction of sp³-hybridized carbons (Fsp3) is 0.619. The van der Waals surface area contributed by atoms with E-state index in [2.05, 4.69) is 5.32 Å². The molecule has 2 aromatic heterocycles. The van der Waals surface area contributed by atoms with Gasteiger partial charge in [0.1, 0.15) is 11.4 Å². The van der Waals surface area contributed by atoms with Gasteiger partial charge >= 0.3 is 59.1 Å². The second-order valence-corrected chi connectivity index (χ2v) is 14.7. The van der Waals surface area contributed by atoms with Crippen molar-refractivity contribution in [3.05, 3.63) is 61.7 Å². The van der Waals surface area contributed by atoms with E-state index in [1.54, 1.807) is 6.92 Å². The molecule has 1 aromatic carbocycles. The monoisotopic (exact) mass is 909 g/mol. The van der Waals surface area contributed by atoms with E-state index in [1.807, 2.05) is 13.8 Å². The molecule has 0 saturated heterocycles. The summed E-state index contributed by atoms with van der Waals surface area (Å²) in [6.07, 6.45) is 0.216. The Balaban J connectivity index is 0.000000690. The van der Waals surface area contributed by atoms with Gasteiger partial charge in [-0.3, -0.25) is 4.79 Å². The standard InChI is InChI=1S/C33H42FN3O9.C9H18O6.2Na/c1-5-18(14-38)46-27(44-4)16-45-10-9-35-24-8-7-19-17(3)23(34)12-25-28(19)29(24)20-13-37-26(30(20)36-25)11-22(21(15-39)31(37)40)33(43,6-2)32(41)42;1-3-7(4-10)15-9(13-2)6-14-5-8(11)12;;/h11-12,18,24,27,35,38-39,43H,5-10,13-16H2,1-4H3,(H,41,42);7,9-10H,3-6H2,1-2H3,(H,11,12);;/q;;2*+1/p-2/t18?,24-,27?,33-;;;/m0.../s1. The first-order chi connectivity index (χ1) is 29.2. The maximum atomic E-state index is 15.1. The minimum absolute atomic E-state index is 0. The zero-order valence-electron chi connectivity index (χ0n) is 37.5. The molecule has 0 spiro atoms. The maximum absolute atomic E-state index is 15.1. The van der Waals surface area contributed by atoms with Crippen LogP contribution in [0.4, 0.5) is 4.39 Å². The van der Waals surface area contributed by atoms with Crippen LogP contribution in [0.2, 0.25) is 0 Å². The molecule has 0 bridgehead atoms. The minimum atomic E-state index is -2.51. The number of aromatic nitrogens is 2. The van der Waals surface area contributed by atoms with Crippen LogP contribution in [0.1, 0.15) is 85.9 Å². The predicted octanol–water partition coefficient (Wildman–Crippen LogP) is -6.41. The van der Waals surface area contributed by atoms with E-state index in [1.165, 1.54) is 37.8 Å². The summed E-state index contributed by atoms with van der Waals surface area (Å²) in [6.45, 7) is 6.45. The van der Waals surface area contributed by atoms with Gasteiger partial charge in [-0.15, -0.1) is 0 Å². The number of pyridine rings is 2. The molecule has 340 valence electrons. The van der Waals surface area contributed by atoms with Crippen molar-refractivity contribution in [2.45, 2.75) is 109 Å². The van der Waals surface area contributed by atoms with Crippen molar-refractivity contribution < 1.29 is 132 Å². The third-order valence-corrected chi connectivity index (χ3v) is 11.1. The number of rotatable bonds is 24. The second-order valence-electron chi connectivity index (χ2n) is 14.7. The summed E-state index contributed by atoms with van der Waals surface area (Å²) in [4.78, 5) is 40.6. The first kappa shape index (κ1) is 57.1. The molecule has 63 heavy (non-hydrogen) atoms. The Labute approximate surface area is 410 Å². The van der Waals surface area contributed by atoms with Crippen molar-refractivity contribution in [2.75, 3.05) is 60.4 Å². The Morgan fingerprint density at radius 3 is 2.10 bits per heavy atom. The molecule has 18 nitrogen and oxygen atoms in total. The molecule has 1 aliphatic carbocycles. The van der Waals surface area contributed by atoms with E-state index in [-0.39, 0.29) is 134 Å². The van der Waals surface area contributed by atoms with E-state index in [9.17, 15) is 39.9 Å². The fourth-order valence-corrected chi connectivity index (χ4v) is 7.53. The van der Waals surface area contributed by atoms with Crippen LogP contribution in [0.5, 0.6) is 0 Å². The number of nitrogens with zero attached hydrogens (tertiary/aromatic N) is 2. The van der Waals surface area contributed by atoms with E-state index >= 15 is 4.39 Å². The molecule has 2 aliphatic rings. The number of ether oxygens (including phenoxy) is 6. The van der Waals surface area contributed by atoms with Gasteiger partial charge in [0.15, 0.2) is 12.6 Å². The molecule has 5 N–H and O–H groups in total. The van der Waals surface area contributed by atoms with E-state index in [0.29, 0.717) is 55.6 Å². The number of aliphatic hydroxyl groups is 4. The number of carbonyl (C=O) groups is 2. The third kappa shape index (κ3) is 13.6. The largest absolute Gasteiger partial charge is 1.00 e. The number of hydrogen-bond acceptors (Lipinski definition) is 17. The normalized spacial score (nSPS) is 16.6. The number of aliphatic hydroxyl groups excluding tert-OH is 3. The van der Waals surface area contributed by atoms with Gasteiger partial charge in [-0.1, -0.05) is 20.8 Å². The quantitative estimate of drug-likeness (QED) is 0.0249. The molecule has 0 radical (unpaired) electrons. The molecule has 3 heterocycles. The molecule has 21 heteroatoms. The number of benzene rings is 1. The van der Waals surface area contributed by atoms with Crippen molar-refractivity contribution in [2.24, 2.45) is 0 Å². The summed E-state index contributed by atoms with van der Waals surface area (Å²) >= 11 is 0. The summed E-state index contributed by atoms with van der Waals surface area (Å²) < 4.78 is 48.3.